The van der Waals surface area contributed by atoms with E-state index >= 15 is 0 Å². The van der Waals surface area contributed by atoms with Crippen molar-refractivity contribution in [1.82, 2.24) is 5.32 Å². The van der Waals surface area contributed by atoms with E-state index in [1.54, 1.807) is 5.57 Å². The van der Waals surface area contributed by atoms with Crippen LogP contribution in [0.1, 0.15) is 159 Å². The normalized spacial score (nSPS) is 13.6. The molecule has 0 fully saturated rings. The lowest BCUT2D eigenvalue weighted by atomic mass is 9.89. The van der Waals surface area contributed by atoms with Crippen molar-refractivity contribution in [2.45, 2.75) is 161 Å². The molecule has 0 saturated carbocycles. The monoisotopic (exact) mass is 541 g/mol. The summed E-state index contributed by atoms with van der Waals surface area (Å²) in [6.45, 7) is 32.1. The molecule has 1 aromatic rings. The summed E-state index contributed by atoms with van der Waals surface area (Å²) in [5.74, 6) is 0. The fourth-order valence-electron chi connectivity index (χ4n) is 4.54. The van der Waals surface area contributed by atoms with Crippen molar-refractivity contribution in [3.63, 3.8) is 0 Å². The predicted octanol–water partition coefficient (Wildman–Crippen LogP) is 11.7. The molecule has 39 heavy (non-hydrogen) atoms. The van der Waals surface area contributed by atoms with Gasteiger partial charge in [-0.3, -0.25) is 4.99 Å². The number of hydrogen-bond donors (Lipinski definition) is 1. The molecule has 0 aliphatic carbocycles. The molecule has 0 spiro atoms. The number of aryl methyl sites for hydroxylation is 2. The van der Waals surface area contributed by atoms with Crippen LogP contribution in [0.2, 0.25) is 0 Å². The third-order valence-corrected chi connectivity index (χ3v) is 7.24. The Balaban J connectivity index is 0. The van der Waals surface area contributed by atoms with Crippen LogP contribution in [0.15, 0.2) is 46.1 Å². The van der Waals surface area contributed by atoms with Crippen LogP contribution in [0.4, 0.5) is 0 Å². The molecule has 1 rings (SSSR count). The summed E-state index contributed by atoms with van der Waals surface area (Å²) < 4.78 is 0. The summed E-state index contributed by atoms with van der Waals surface area (Å²) in [6.07, 6.45) is 12.7. The second kappa shape index (κ2) is 23.1. The minimum atomic E-state index is 0.298. The van der Waals surface area contributed by atoms with Crippen LogP contribution in [-0.2, 0) is 12.8 Å². The Morgan fingerprint density at radius 3 is 1.90 bits per heavy atom. The molecule has 0 heterocycles. The van der Waals surface area contributed by atoms with Gasteiger partial charge >= 0.3 is 0 Å². The van der Waals surface area contributed by atoms with E-state index in [2.05, 4.69) is 113 Å². The first-order valence-electron chi connectivity index (χ1n) is 16.3. The van der Waals surface area contributed by atoms with Gasteiger partial charge in [0, 0.05) is 29.6 Å². The maximum absolute atomic E-state index is 5.27. The molecular formula is C37H68N2. The highest BCUT2D eigenvalue weighted by molar-refractivity contribution is 6.02. The lowest BCUT2D eigenvalue weighted by molar-refractivity contribution is 0.318. The van der Waals surface area contributed by atoms with Crippen molar-refractivity contribution in [3.8, 4) is 0 Å². The first-order valence-corrected chi connectivity index (χ1v) is 16.3. The van der Waals surface area contributed by atoms with E-state index in [-0.39, 0.29) is 0 Å². The fourth-order valence-corrected chi connectivity index (χ4v) is 4.54. The minimum absolute atomic E-state index is 0.298. The van der Waals surface area contributed by atoms with E-state index in [0.717, 1.165) is 31.5 Å². The highest BCUT2D eigenvalue weighted by Gasteiger charge is 2.20. The summed E-state index contributed by atoms with van der Waals surface area (Å²) in [7, 11) is 0. The Morgan fingerprint density at radius 2 is 1.46 bits per heavy atom. The van der Waals surface area contributed by atoms with Gasteiger partial charge in [-0.15, -0.1) is 0 Å². The van der Waals surface area contributed by atoms with E-state index in [1.807, 2.05) is 13.8 Å². The Hall–Kier alpha value is -1.67. The summed E-state index contributed by atoms with van der Waals surface area (Å²) in [4.78, 5) is 5.27. The molecule has 0 bridgehead atoms. The number of unbranched alkanes of at least 4 members (excludes halogenated alkanes) is 1. The van der Waals surface area contributed by atoms with E-state index in [9.17, 15) is 0 Å². The van der Waals surface area contributed by atoms with Crippen LogP contribution in [0.5, 0.6) is 0 Å². The SMILES string of the molecule is CC.CCC.CCC/C=C(\CCC)C/C(=C(\C)N=C(C)c1c(CC)cccc1CC)C(C)NCC(C)(C)CC. The van der Waals surface area contributed by atoms with Gasteiger partial charge in [0.15, 0.2) is 0 Å². The Morgan fingerprint density at radius 1 is 0.923 bits per heavy atom. The van der Waals surface area contributed by atoms with Crippen LogP contribution in [0.25, 0.3) is 0 Å². The smallest absolute Gasteiger partial charge is 0.0453 e. The molecule has 0 radical (unpaired) electrons. The molecule has 0 saturated heterocycles. The van der Waals surface area contributed by atoms with E-state index in [4.69, 9.17) is 4.99 Å². The van der Waals surface area contributed by atoms with Gasteiger partial charge in [0.05, 0.1) is 0 Å². The Bertz CT molecular complexity index is 832. The van der Waals surface area contributed by atoms with E-state index in [0.29, 0.717) is 11.5 Å². The molecule has 0 aliphatic heterocycles. The van der Waals surface area contributed by atoms with Crippen LogP contribution < -0.4 is 5.32 Å². The second-order valence-electron chi connectivity index (χ2n) is 11.4. The number of nitrogens with one attached hydrogen (secondary N) is 1. The highest BCUT2D eigenvalue weighted by atomic mass is 14.9. The molecule has 1 N–H and O–H groups in total. The number of benzene rings is 1. The average molecular weight is 541 g/mol. The summed E-state index contributed by atoms with van der Waals surface area (Å²) in [6, 6.07) is 7.02. The van der Waals surface area contributed by atoms with Gasteiger partial charge in [-0.2, -0.15) is 0 Å². The zero-order chi connectivity index (χ0) is 30.4. The van der Waals surface area contributed by atoms with Gasteiger partial charge in [0.25, 0.3) is 0 Å². The number of rotatable bonds is 15. The number of allylic oxidation sites excluding steroid dienone is 3. The number of aliphatic imine (C=N–C) groups is 1. The maximum Gasteiger partial charge on any atom is 0.0453 e. The van der Waals surface area contributed by atoms with Crippen LogP contribution in [0, 0.1) is 5.41 Å². The molecule has 0 aliphatic rings. The van der Waals surface area contributed by atoms with Crippen molar-refractivity contribution in [1.29, 1.82) is 0 Å². The van der Waals surface area contributed by atoms with Gasteiger partial charge in [-0.1, -0.05) is 125 Å². The minimum Gasteiger partial charge on any atom is -0.310 e. The van der Waals surface area contributed by atoms with E-state index < -0.39 is 0 Å². The molecular weight excluding hydrogens is 472 g/mol. The topological polar surface area (TPSA) is 24.4 Å². The van der Waals surface area contributed by atoms with Crippen molar-refractivity contribution >= 4 is 5.71 Å². The first kappa shape index (κ1) is 39.5. The molecule has 0 amide bonds. The molecule has 2 nitrogen and oxygen atoms in total. The number of hydrogen-bond acceptors (Lipinski definition) is 2. The highest BCUT2D eigenvalue weighted by Crippen LogP contribution is 2.26. The molecule has 2 heteroatoms. The van der Waals surface area contributed by atoms with Crippen molar-refractivity contribution in [3.05, 3.63) is 57.8 Å². The maximum atomic E-state index is 5.27. The van der Waals surface area contributed by atoms with Gasteiger partial charge in [0.1, 0.15) is 0 Å². The zero-order valence-electron chi connectivity index (χ0n) is 28.9. The third-order valence-electron chi connectivity index (χ3n) is 7.24. The van der Waals surface area contributed by atoms with Gasteiger partial charge in [-0.25, -0.2) is 0 Å². The molecule has 1 aromatic carbocycles. The summed E-state index contributed by atoms with van der Waals surface area (Å²) >= 11 is 0. The largest absolute Gasteiger partial charge is 0.310 e. The molecule has 1 atom stereocenters. The van der Waals surface area contributed by atoms with Gasteiger partial charge in [-0.05, 0) is 81.4 Å². The average Bonchev–Trinajstić information content (AvgIpc) is 2.94. The van der Waals surface area contributed by atoms with Gasteiger partial charge in [0.2, 0.25) is 0 Å². The lowest BCUT2D eigenvalue weighted by Crippen LogP contribution is -2.36. The van der Waals surface area contributed by atoms with E-state index in [1.165, 1.54) is 66.5 Å². The van der Waals surface area contributed by atoms with Crippen LogP contribution in [0.3, 0.4) is 0 Å². The van der Waals surface area contributed by atoms with Crippen LogP contribution in [-0.4, -0.2) is 18.3 Å². The fraction of sp³-hybridized carbons (Fsp3) is 0.703. The summed E-state index contributed by atoms with van der Waals surface area (Å²) in [5.41, 5.74) is 9.80. The Labute approximate surface area is 246 Å². The van der Waals surface area contributed by atoms with Crippen molar-refractivity contribution < 1.29 is 0 Å². The molecule has 1 unspecified atom stereocenters. The standard InChI is InChI=1S/C32H54N2.C3H8.C2H6/c1-11-16-19-27(18-12-2)22-30(24(6)33-23-32(9,10)15-5)25(7)34-26(8)31-28(13-3)20-17-21-29(31)14-4;1-3-2;1-2/h17,19-21,24,33H,11-16,18,22-23H2,1-10H3;3H2,1-2H3;1-2H3/b27-19+,30-25-,34-26?;;. The Kier molecular flexibility index (Phi) is 23.4. The second-order valence-corrected chi connectivity index (χ2v) is 11.4. The first-order chi connectivity index (χ1) is 18.5. The third kappa shape index (κ3) is 15.6. The lowest BCUT2D eigenvalue weighted by Gasteiger charge is -2.28. The molecule has 226 valence electrons. The number of nitrogens with zero attached hydrogens (tertiary/aromatic N) is 1. The quantitative estimate of drug-likeness (QED) is 0.174. The van der Waals surface area contributed by atoms with Crippen molar-refractivity contribution in [2.24, 2.45) is 10.4 Å². The van der Waals surface area contributed by atoms with Gasteiger partial charge < -0.3 is 5.32 Å². The van der Waals surface area contributed by atoms with Crippen molar-refractivity contribution in [2.75, 3.05) is 6.54 Å². The van der Waals surface area contributed by atoms with Crippen LogP contribution >= 0.6 is 0 Å². The predicted molar refractivity (Wildman–Crippen MR) is 181 cm³/mol. The molecule has 0 aromatic heterocycles. The zero-order valence-corrected chi connectivity index (χ0v) is 28.9. The summed E-state index contributed by atoms with van der Waals surface area (Å²) in [5, 5.41) is 3.86.